The Hall–Kier alpha value is -1.36. The van der Waals surface area contributed by atoms with Crippen LogP contribution in [0, 0.1) is 6.92 Å². The molecule has 0 saturated carbocycles. The van der Waals surface area contributed by atoms with Crippen molar-refractivity contribution in [1.82, 2.24) is 14.9 Å². The molecule has 116 valence electrons. The van der Waals surface area contributed by atoms with Crippen LogP contribution in [0.3, 0.4) is 0 Å². The molecule has 2 saturated heterocycles. The fraction of sp³-hybridized carbons (Fsp3) is 0.750. The largest absolute Gasteiger partial charge is 0.365 e. The minimum atomic E-state index is 0.540. The third kappa shape index (κ3) is 3.28. The lowest BCUT2D eigenvalue weighted by atomic mass is 9.99. The first-order chi connectivity index (χ1) is 10.3. The Morgan fingerprint density at radius 1 is 1.29 bits per heavy atom. The van der Waals surface area contributed by atoms with Gasteiger partial charge in [-0.25, -0.2) is 4.98 Å². The molecule has 3 heterocycles. The minimum Gasteiger partial charge on any atom is -0.365 e. The van der Waals surface area contributed by atoms with E-state index in [1.807, 2.05) is 6.20 Å². The van der Waals surface area contributed by atoms with E-state index in [4.69, 9.17) is 0 Å². The van der Waals surface area contributed by atoms with Gasteiger partial charge in [0.1, 0.15) is 5.82 Å². The van der Waals surface area contributed by atoms with Crippen LogP contribution in [0.5, 0.6) is 0 Å². The molecule has 1 aromatic heterocycles. The van der Waals surface area contributed by atoms with Gasteiger partial charge in [-0.05, 0) is 39.2 Å². The molecule has 2 fully saturated rings. The third-order valence-corrected chi connectivity index (χ3v) is 4.68. The van der Waals surface area contributed by atoms with Crippen molar-refractivity contribution in [2.24, 2.45) is 0 Å². The molecule has 0 radical (unpaired) electrons. The second kappa shape index (κ2) is 6.60. The van der Waals surface area contributed by atoms with Gasteiger partial charge in [0.25, 0.3) is 0 Å². The molecule has 3 rings (SSSR count). The number of rotatable bonds is 5. The standard InChI is InChI=1S/C16H27N5/c1-3-8-17-16-18-11-12(2)15(20-16)19-13-7-10-21-9-5-4-6-14(13)21/h11,13-14H,3-10H2,1-2H3,(H2,17,18,19,20). The summed E-state index contributed by atoms with van der Waals surface area (Å²) in [5.74, 6) is 1.74. The number of aryl methyl sites for hydroxylation is 1. The second-order valence-corrected chi connectivity index (χ2v) is 6.29. The lowest BCUT2D eigenvalue weighted by molar-refractivity contribution is 0.192. The number of nitrogens with one attached hydrogen (secondary N) is 2. The van der Waals surface area contributed by atoms with Gasteiger partial charge in [0.05, 0.1) is 0 Å². The monoisotopic (exact) mass is 289 g/mol. The minimum absolute atomic E-state index is 0.540. The summed E-state index contributed by atoms with van der Waals surface area (Å²) in [5, 5.41) is 6.96. The van der Waals surface area contributed by atoms with Crippen molar-refractivity contribution < 1.29 is 0 Å². The number of hydrogen-bond donors (Lipinski definition) is 2. The average Bonchev–Trinajstić information content (AvgIpc) is 2.91. The molecular formula is C16H27N5. The van der Waals surface area contributed by atoms with Gasteiger partial charge in [0, 0.05) is 36.9 Å². The van der Waals surface area contributed by atoms with Crippen LogP contribution < -0.4 is 10.6 Å². The number of anilines is 2. The third-order valence-electron chi connectivity index (χ3n) is 4.68. The summed E-state index contributed by atoms with van der Waals surface area (Å²) >= 11 is 0. The maximum absolute atomic E-state index is 4.66. The van der Waals surface area contributed by atoms with Gasteiger partial charge in [0.15, 0.2) is 0 Å². The number of fused-ring (bicyclic) bond motifs is 1. The zero-order valence-corrected chi connectivity index (χ0v) is 13.2. The topological polar surface area (TPSA) is 53.1 Å². The van der Waals surface area contributed by atoms with E-state index < -0.39 is 0 Å². The fourth-order valence-corrected chi connectivity index (χ4v) is 3.50. The summed E-state index contributed by atoms with van der Waals surface area (Å²) in [6.07, 6.45) is 8.28. The van der Waals surface area contributed by atoms with Crippen molar-refractivity contribution >= 4 is 11.8 Å². The maximum atomic E-state index is 4.66. The predicted octanol–water partition coefficient (Wildman–Crippen LogP) is 2.65. The number of piperidine rings is 1. The van der Waals surface area contributed by atoms with Gasteiger partial charge in [-0.3, -0.25) is 4.90 Å². The summed E-state index contributed by atoms with van der Waals surface area (Å²) in [6.45, 7) is 7.65. The van der Waals surface area contributed by atoms with E-state index in [2.05, 4.69) is 39.3 Å². The van der Waals surface area contributed by atoms with Gasteiger partial charge >= 0.3 is 0 Å². The molecule has 21 heavy (non-hydrogen) atoms. The first kappa shape index (κ1) is 14.6. The average molecular weight is 289 g/mol. The normalized spacial score (nSPS) is 25.6. The van der Waals surface area contributed by atoms with Crippen LogP contribution in [0.4, 0.5) is 11.8 Å². The second-order valence-electron chi connectivity index (χ2n) is 6.29. The molecule has 5 nitrogen and oxygen atoms in total. The SMILES string of the molecule is CCCNc1ncc(C)c(NC2CCN3CCCCC23)n1. The number of aromatic nitrogens is 2. The first-order valence-electron chi connectivity index (χ1n) is 8.36. The van der Waals surface area contributed by atoms with Crippen molar-refractivity contribution in [2.45, 2.75) is 58.0 Å². The van der Waals surface area contributed by atoms with Crippen LogP contribution in [-0.4, -0.2) is 46.6 Å². The lowest BCUT2D eigenvalue weighted by Crippen LogP contribution is -2.42. The van der Waals surface area contributed by atoms with E-state index >= 15 is 0 Å². The van der Waals surface area contributed by atoms with Crippen molar-refractivity contribution in [1.29, 1.82) is 0 Å². The predicted molar refractivity (Wildman–Crippen MR) is 86.8 cm³/mol. The molecular weight excluding hydrogens is 262 g/mol. The Bertz CT molecular complexity index is 476. The van der Waals surface area contributed by atoms with Crippen LogP contribution in [-0.2, 0) is 0 Å². The quantitative estimate of drug-likeness (QED) is 0.873. The Labute approximate surface area is 127 Å². The lowest BCUT2D eigenvalue weighted by Gasteiger charge is -2.32. The highest BCUT2D eigenvalue weighted by Gasteiger charge is 2.35. The molecule has 0 amide bonds. The summed E-state index contributed by atoms with van der Waals surface area (Å²) in [4.78, 5) is 11.7. The van der Waals surface area contributed by atoms with Crippen LogP contribution in [0.15, 0.2) is 6.20 Å². The summed E-state index contributed by atoms with van der Waals surface area (Å²) < 4.78 is 0. The molecule has 2 atom stereocenters. The molecule has 1 aromatic rings. The molecule has 0 aromatic carbocycles. The van der Waals surface area contributed by atoms with Crippen molar-refractivity contribution in [3.63, 3.8) is 0 Å². The molecule has 0 spiro atoms. The van der Waals surface area contributed by atoms with Gasteiger partial charge in [-0.15, -0.1) is 0 Å². The Morgan fingerprint density at radius 3 is 3.05 bits per heavy atom. The molecule has 5 heteroatoms. The molecule has 0 bridgehead atoms. The zero-order chi connectivity index (χ0) is 14.7. The van der Waals surface area contributed by atoms with Gasteiger partial charge in [-0.2, -0.15) is 4.98 Å². The molecule has 2 aliphatic heterocycles. The summed E-state index contributed by atoms with van der Waals surface area (Å²) in [5.41, 5.74) is 1.13. The smallest absolute Gasteiger partial charge is 0.224 e. The van der Waals surface area contributed by atoms with Crippen molar-refractivity contribution in [2.75, 3.05) is 30.3 Å². The van der Waals surface area contributed by atoms with Crippen LogP contribution in [0.2, 0.25) is 0 Å². The van der Waals surface area contributed by atoms with Gasteiger partial charge in [0.2, 0.25) is 5.95 Å². The molecule has 0 aliphatic carbocycles. The van der Waals surface area contributed by atoms with Crippen LogP contribution in [0.1, 0.15) is 44.6 Å². The van der Waals surface area contributed by atoms with E-state index in [1.165, 1.54) is 38.8 Å². The summed E-state index contributed by atoms with van der Waals surface area (Å²) in [7, 11) is 0. The highest BCUT2D eigenvalue weighted by molar-refractivity contribution is 5.47. The Balaban J connectivity index is 1.69. The van der Waals surface area contributed by atoms with E-state index in [0.717, 1.165) is 30.3 Å². The van der Waals surface area contributed by atoms with Crippen molar-refractivity contribution in [3.8, 4) is 0 Å². The molecule has 2 aliphatic rings. The van der Waals surface area contributed by atoms with E-state index in [9.17, 15) is 0 Å². The van der Waals surface area contributed by atoms with Gasteiger partial charge in [-0.1, -0.05) is 13.3 Å². The highest BCUT2D eigenvalue weighted by atomic mass is 15.2. The van der Waals surface area contributed by atoms with E-state index in [0.29, 0.717) is 12.1 Å². The summed E-state index contributed by atoms with van der Waals surface area (Å²) in [6, 6.07) is 1.23. The molecule has 2 unspecified atom stereocenters. The number of hydrogen-bond acceptors (Lipinski definition) is 5. The van der Waals surface area contributed by atoms with E-state index in [1.54, 1.807) is 0 Å². The first-order valence-corrected chi connectivity index (χ1v) is 8.36. The van der Waals surface area contributed by atoms with Crippen LogP contribution >= 0.6 is 0 Å². The van der Waals surface area contributed by atoms with Gasteiger partial charge < -0.3 is 10.6 Å². The Morgan fingerprint density at radius 2 is 2.19 bits per heavy atom. The fourth-order valence-electron chi connectivity index (χ4n) is 3.50. The van der Waals surface area contributed by atoms with Crippen LogP contribution in [0.25, 0.3) is 0 Å². The van der Waals surface area contributed by atoms with E-state index in [-0.39, 0.29) is 0 Å². The number of nitrogens with zero attached hydrogens (tertiary/aromatic N) is 3. The highest BCUT2D eigenvalue weighted by Crippen LogP contribution is 2.29. The zero-order valence-electron chi connectivity index (χ0n) is 13.2. The maximum Gasteiger partial charge on any atom is 0.224 e. The Kier molecular flexibility index (Phi) is 4.58. The molecule has 2 N–H and O–H groups in total. The van der Waals surface area contributed by atoms with Crippen molar-refractivity contribution in [3.05, 3.63) is 11.8 Å².